The number of hydrogen-bond donors (Lipinski definition) is 2. The van der Waals surface area contributed by atoms with Gasteiger partial charge in [0.1, 0.15) is 11.3 Å². The topological polar surface area (TPSA) is 66.8 Å². The van der Waals surface area contributed by atoms with Crippen molar-refractivity contribution in [1.29, 1.82) is 0 Å². The van der Waals surface area contributed by atoms with Crippen LogP contribution < -0.4 is 4.74 Å². The van der Waals surface area contributed by atoms with E-state index in [0.717, 1.165) is 36.6 Å². The molecule has 0 unspecified atom stereocenters. The Bertz CT molecular complexity index is 1390. The average molecular weight is 729 g/mol. The Labute approximate surface area is 324 Å². The van der Waals surface area contributed by atoms with Gasteiger partial charge < -0.3 is 14.9 Å². The zero-order chi connectivity index (χ0) is 37.8. The van der Waals surface area contributed by atoms with Crippen LogP contribution in [-0.4, -0.2) is 16.2 Å². The predicted octanol–water partition coefficient (Wildman–Crippen LogP) is 15.5. The number of carbonyl (C=O) groups is 1. The van der Waals surface area contributed by atoms with Crippen molar-refractivity contribution in [3.8, 4) is 17.2 Å². The first-order chi connectivity index (χ1) is 26.1. The summed E-state index contributed by atoms with van der Waals surface area (Å²) in [5.41, 5.74) is 1.75. The highest BCUT2D eigenvalue weighted by atomic mass is 16.5. The lowest BCUT2D eigenvalue weighted by atomic mass is 9.93. The van der Waals surface area contributed by atoms with Crippen molar-refractivity contribution in [2.24, 2.45) is 0 Å². The molecule has 0 saturated carbocycles. The smallest absolute Gasteiger partial charge is 0.348 e. The van der Waals surface area contributed by atoms with Crippen LogP contribution in [0.15, 0.2) is 48.5 Å². The number of aromatic hydroxyl groups is 2. The van der Waals surface area contributed by atoms with Crippen LogP contribution in [0, 0.1) is 0 Å². The minimum atomic E-state index is -0.634. The van der Waals surface area contributed by atoms with Crippen LogP contribution in [0.25, 0.3) is 10.8 Å². The van der Waals surface area contributed by atoms with Crippen molar-refractivity contribution in [2.45, 2.75) is 206 Å². The summed E-state index contributed by atoms with van der Waals surface area (Å²) in [5.74, 6) is -0.674. The maximum Gasteiger partial charge on any atom is 0.348 e. The predicted molar refractivity (Wildman–Crippen MR) is 227 cm³/mol. The number of benzene rings is 3. The molecule has 0 fully saturated rings. The van der Waals surface area contributed by atoms with Gasteiger partial charge in [0.15, 0.2) is 11.5 Å². The summed E-state index contributed by atoms with van der Waals surface area (Å²) in [6.07, 6.45) is 38.1. The fourth-order valence-corrected chi connectivity index (χ4v) is 7.91. The number of rotatable bonds is 32. The molecule has 53 heavy (non-hydrogen) atoms. The molecule has 0 amide bonds. The maximum atomic E-state index is 13.7. The summed E-state index contributed by atoms with van der Waals surface area (Å²) < 4.78 is 5.96. The standard InChI is InChI=1S/C49H76O4/c1-3-5-7-9-11-13-15-17-19-21-23-25-27-29-35-41-36-31-34-40-45(41)53-49(52)46-43-38-33-32-37-42(43)44(47(50)48(46)51)39-30-28-26-24-22-20-18-16-14-12-10-8-6-4-2/h31-34,36-38,40,50-51H,3-30,35,39H2,1-2H3. The third-order valence-corrected chi connectivity index (χ3v) is 11.2. The number of ether oxygens (including phenoxy) is 1. The monoisotopic (exact) mass is 729 g/mol. The van der Waals surface area contributed by atoms with E-state index in [0.29, 0.717) is 23.1 Å². The van der Waals surface area contributed by atoms with Crippen LogP contribution >= 0.6 is 0 Å². The normalized spacial score (nSPS) is 11.4. The Hall–Kier alpha value is -3.01. The molecule has 296 valence electrons. The van der Waals surface area contributed by atoms with Crippen LogP contribution in [0.5, 0.6) is 17.2 Å². The number of phenolic OH excluding ortho intramolecular Hbond substituents is 2. The zero-order valence-corrected chi connectivity index (χ0v) is 34.0. The van der Waals surface area contributed by atoms with Gasteiger partial charge in [0.05, 0.1) is 0 Å². The molecule has 0 aliphatic carbocycles. The Morgan fingerprint density at radius 1 is 0.453 bits per heavy atom. The summed E-state index contributed by atoms with van der Waals surface area (Å²) in [5, 5.41) is 23.8. The lowest BCUT2D eigenvalue weighted by Crippen LogP contribution is -2.11. The van der Waals surface area contributed by atoms with Crippen LogP contribution in [0.4, 0.5) is 0 Å². The molecule has 4 nitrogen and oxygen atoms in total. The van der Waals surface area contributed by atoms with E-state index in [1.807, 2.05) is 48.5 Å². The fourth-order valence-electron chi connectivity index (χ4n) is 7.91. The van der Waals surface area contributed by atoms with Crippen molar-refractivity contribution < 1.29 is 19.7 Å². The summed E-state index contributed by atoms with van der Waals surface area (Å²) in [6.45, 7) is 4.55. The number of hydrogen-bond acceptors (Lipinski definition) is 4. The lowest BCUT2D eigenvalue weighted by molar-refractivity contribution is 0.0731. The highest BCUT2D eigenvalue weighted by Crippen LogP contribution is 2.41. The molecule has 0 atom stereocenters. The van der Waals surface area contributed by atoms with E-state index < -0.39 is 5.97 Å². The van der Waals surface area contributed by atoms with Crippen LogP contribution in [0.2, 0.25) is 0 Å². The number of fused-ring (bicyclic) bond motifs is 1. The molecular weight excluding hydrogens is 653 g/mol. The zero-order valence-electron chi connectivity index (χ0n) is 34.0. The number of esters is 1. The largest absolute Gasteiger partial charge is 0.504 e. The van der Waals surface area contributed by atoms with Crippen molar-refractivity contribution in [1.82, 2.24) is 0 Å². The molecule has 0 aliphatic heterocycles. The van der Waals surface area contributed by atoms with Gasteiger partial charge in [-0.3, -0.25) is 0 Å². The van der Waals surface area contributed by atoms with E-state index in [1.165, 1.54) is 161 Å². The van der Waals surface area contributed by atoms with E-state index in [9.17, 15) is 15.0 Å². The average Bonchev–Trinajstić information content (AvgIpc) is 3.17. The second kappa shape index (κ2) is 28.4. The van der Waals surface area contributed by atoms with Crippen LogP contribution in [-0.2, 0) is 12.8 Å². The lowest BCUT2D eigenvalue weighted by Gasteiger charge is -2.16. The van der Waals surface area contributed by atoms with E-state index in [2.05, 4.69) is 13.8 Å². The second-order valence-electron chi connectivity index (χ2n) is 15.8. The van der Waals surface area contributed by atoms with Crippen molar-refractivity contribution in [3.63, 3.8) is 0 Å². The number of carbonyl (C=O) groups excluding carboxylic acids is 1. The quantitative estimate of drug-likeness (QED) is 0.0291. The molecule has 0 saturated heterocycles. The number of para-hydroxylation sites is 1. The van der Waals surface area contributed by atoms with Crippen molar-refractivity contribution >= 4 is 16.7 Å². The first-order valence-electron chi connectivity index (χ1n) is 22.3. The van der Waals surface area contributed by atoms with Crippen LogP contribution in [0.3, 0.4) is 0 Å². The summed E-state index contributed by atoms with van der Waals surface area (Å²) in [7, 11) is 0. The molecule has 0 radical (unpaired) electrons. The van der Waals surface area contributed by atoms with Crippen molar-refractivity contribution in [2.75, 3.05) is 0 Å². The van der Waals surface area contributed by atoms with E-state index in [-0.39, 0.29) is 17.1 Å². The molecule has 0 spiro atoms. The summed E-state index contributed by atoms with van der Waals surface area (Å²) in [6, 6.07) is 15.3. The first kappa shape index (κ1) is 44.4. The van der Waals surface area contributed by atoms with Crippen LogP contribution in [0.1, 0.15) is 215 Å². The van der Waals surface area contributed by atoms with E-state index >= 15 is 0 Å². The molecule has 0 heterocycles. The third kappa shape index (κ3) is 17.3. The number of phenols is 2. The van der Waals surface area contributed by atoms with Gasteiger partial charge in [-0.2, -0.15) is 0 Å². The SMILES string of the molecule is CCCCCCCCCCCCCCCCc1ccccc1OC(=O)c1c(O)c(O)c(CCCCCCCCCCCCCCCC)c2ccccc12. The Morgan fingerprint density at radius 3 is 1.30 bits per heavy atom. The molecule has 0 bridgehead atoms. The van der Waals surface area contributed by atoms with Gasteiger partial charge in [0, 0.05) is 10.9 Å². The van der Waals surface area contributed by atoms with Gasteiger partial charge in [-0.05, 0) is 42.7 Å². The van der Waals surface area contributed by atoms with E-state index in [1.54, 1.807) is 0 Å². The molecule has 3 aromatic carbocycles. The number of unbranched alkanes of at least 4 members (excludes halogenated alkanes) is 26. The van der Waals surface area contributed by atoms with Gasteiger partial charge in [0.25, 0.3) is 0 Å². The van der Waals surface area contributed by atoms with Gasteiger partial charge in [0.2, 0.25) is 0 Å². The second-order valence-corrected chi connectivity index (χ2v) is 15.8. The molecule has 0 aromatic heterocycles. The molecule has 3 rings (SSSR count). The molecule has 0 aliphatic rings. The number of aryl methyl sites for hydroxylation is 2. The molecule has 4 heteroatoms. The Balaban J connectivity index is 1.41. The summed E-state index contributed by atoms with van der Waals surface area (Å²) in [4.78, 5) is 13.7. The minimum Gasteiger partial charge on any atom is -0.504 e. The fraction of sp³-hybridized carbons (Fsp3) is 0.653. The molecule has 3 aromatic rings. The van der Waals surface area contributed by atoms with E-state index in [4.69, 9.17) is 4.74 Å². The Kier molecular flexibility index (Phi) is 23.8. The summed E-state index contributed by atoms with van der Waals surface area (Å²) >= 11 is 0. The Morgan fingerprint density at radius 2 is 0.830 bits per heavy atom. The van der Waals surface area contributed by atoms with Gasteiger partial charge in [-0.25, -0.2) is 4.79 Å². The molecular formula is C49H76O4. The first-order valence-corrected chi connectivity index (χ1v) is 22.3. The maximum absolute atomic E-state index is 13.7. The van der Waals surface area contributed by atoms with Gasteiger partial charge in [-0.1, -0.05) is 223 Å². The van der Waals surface area contributed by atoms with Gasteiger partial charge in [-0.15, -0.1) is 0 Å². The third-order valence-electron chi connectivity index (χ3n) is 11.2. The highest BCUT2D eigenvalue weighted by molar-refractivity contribution is 6.10. The molecule has 2 N–H and O–H groups in total. The van der Waals surface area contributed by atoms with Crippen molar-refractivity contribution in [3.05, 3.63) is 65.2 Å². The highest BCUT2D eigenvalue weighted by Gasteiger charge is 2.25. The minimum absolute atomic E-state index is 0.0362. The van der Waals surface area contributed by atoms with Gasteiger partial charge >= 0.3 is 5.97 Å².